The number of para-hydroxylation sites is 1. The quantitative estimate of drug-likeness (QED) is 0.726. The highest BCUT2D eigenvalue weighted by molar-refractivity contribution is 5.95. The van der Waals surface area contributed by atoms with E-state index in [1.165, 1.54) is 0 Å². The van der Waals surface area contributed by atoms with E-state index in [-0.39, 0.29) is 6.10 Å². The number of fused-ring (bicyclic) bond motifs is 1. The second-order valence-corrected chi connectivity index (χ2v) is 4.01. The highest BCUT2D eigenvalue weighted by atomic mass is 16.6. The fourth-order valence-corrected chi connectivity index (χ4v) is 1.64. The first-order valence-corrected chi connectivity index (χ1v) is 5.28. The lowest BCUT2D eigenvalue weighted by Gasteiger charge is -2.05. The molecule has 0 fully saturated rings. The molecule has 84 valence electrons. The van der Waals surface area contributed by atoms with Gasteiger partial charge in [-0.1, -0.05) is 18.2 Å². The monoisotopic (exact) mass is 218 g/mol. The molecule has 1 aromatic carbocycles. The first-order valence-electron chi connectivity index (χ1n) is 5.28. The molecule has 1 heterocycles. The Balaban J connectivity index is 2.45. The average Bonchev–Trinajstić information content (AvgIpc) is 2.56. The van der Waals surface area contributed by atoms with Crippen LogP contribution >= 0.6 is 0 Å². The summed E-state index contributed by atoms with van der Waals surface area (Å²) in [6, 6.07) is 7.57. The second kappa shape index (κ2) is 4.00. The topological polar surface area (TPSA) is 39.4 Å². The Labute approximate surface area is 94.0 Å². The van der Waals surface area contributed by atoms with E-state index >= 15 is 0 Å². The number of carbonyl (C=O) groups excluding carboxylic acids is 1. The summed E-state index contributed by atoms with van der Waals surface area (Å²) in [5.74, 6) is -0.0985. The predicted molar refractivity (Wildman–Crippen MR) is 61.5 cm³/mol. The zero-order valence-corrected chi connectivity index (χ0v) is 9.61. The van der Waals surface area contributed by atoms with Gasteiger partial charge in [-0.25, -0.2) is 4.79 Å². The molecule has 2 aromatic rings. The molecule has 16 heavy (non-hydrogen) atoms. The van der Waals surface area contributed by atoms with Crippen molar-refractivity contribution in [2.45, 2.75) is 26.9 Å². The Morgan fingerprint density at radius 2 is 2.00 bits per heavy atom. The molecule has 0 aliphatic heterocycles. The summed E-state index contributed by atoms with van der Waals surface area (Å²) in [5, 5.41) is 0.957. The molecular formula is C13H14O3. The zero-order valence-electron chi connectivity index (χ0n) is 9.61. The highest BCUT2D eigenvalue weighted by Gasteiger charge is 2.19. The lowest BCUT2D eigenvalue weighted by molar-refractivity contribution is 0.0343. The summed E-state index contributed by atoms with van der Waals surface area (Å²) in [5.41, 5.74) is 1.55. The maximum atomic E-state index is 11.7. The van der Waals surface area contributed by atoms with Crippen LogP contribution in [0.25, 0.3) is 11.0 Å². The van der Waals surface area contributed by atoms with Crippen molar-refractivity contribution in [3.8, 4) is 0 Å². The Kier molecular flexibility index (Phi) is 2.69. The molecule has 0 amide bonds. The lowest BCUT2D eigenvalue weighted by Crippen LogP contribution is -2.11. The fraction of sp³-hybridized carbons (Fsp3) is 0.308. The number of carbonyl (C=O) groups is 1. The molecule has 0 unspecified atom stereocenters. The van der Waals surface area contributed by atoms with Crippen molar-refractivity contribution in [3.05, 3.63) is 35.6 Å². The van der Waals surface area contributed by atoms with Crippen LogP contribution in [0.1, 0.15) is 30.0 Å². The molecule has 0 bridgehead atoms. The summed E-state index contributed by atoms with van der Waals surface area (Å²) in [7, 11) is 0. The third kappa shape index (κ3) is 1.81. The number of esters is 1. The molecule has 0 aliphatic rings. The van der Waals surface area contributed by atoms with Crippen molar-refractivity contribution in [1.82, 2.24) is 0 Å². The van der Waals surface area contributed by atoms with E-state index in [1.807, 2.05) is 45.0 Å². The molecule has 0 saturated carbocycles. The maximum Gasteiger partial charge on any atom is 0.374 e. The maximum absolute atomic E-state index is 11.7. The molecule has 0 radical (unpaired) electrons. The molecule has 0 aliphatic carbocycles. The van der Waals surface area contributed by atoms with Crippen LogP contribution in [0.4, 0.5) is 0 Å². The molecule has 3 heteroatoms. The van der Waals surface area contributed by atoms with Gasteiger partial charge in [0, 0.05) is 10.9 Å². The smallest absolute Gasteiger partial charge is 0.374 e. The van der Waals surface area contributed by atoms with Gasteiger partial charge in [-0.2, -0.15) is 0 Å². The van der Waals surface area contributed by atoms with E-state index < -0.39 is 5.97 Å². The van der Waals surface area contributed by atoms with Crippen LogP contribution in [0.3, 0.4) is 0 Å². The molecule has 0 atom stereocenters. The first kappa shape index (κ1) is 10.7. The minimum Gasteiger partial charge on any atom is -0.457 e. The molecule has 0 spiro atoms. The van der Waals surface area contributed by atoms with E-state index in [1.54, 1.807) is 0 Å². The van der Waals surface area contributed by atoms with Crippen LogP contribution in [-0.2, 0) is 4.74 Å². The normalized spacial score (nSPS) is 11.0. The van der Waals surface area contributed by atoms with Crippen LogP contribution in [0.5, 0.6) is 0 Å². The van der Waals surface area contributed by atoms with E-state index in [0.29, 0.717) is 5.76 Å². The van der Waals surface area contributed by atoms with Gasteiger partial charge >= 0.3 is 5.97 Å². The number of hydrogen-bond acceptors (Lipinski definition) is 3. The Morgan fingerprint density at radius 3 is 2.62 bits per heavy atom. The van der Waals surface area contributed by atoms with Gasteiger partial charge in [0.15, 0.2) is 0 Å². The number of ether oxygens (including phenoxy) is 1. The van der Waals surface area contributed by atoms with E-state index in [2.05, 4.69) is 0 Å². The van der Waals surface area contributed by atoms with E-state index in [0.717, 1.165) is 16.5 Å². The van der Waals surface area contributed by atoms with Gasteiger partial charge in [-0.05, 0) is 26.8 Å². The van der Waals surface area contributed by atoms with Gasteiger partial charge in [-0.15, -0.1) is 0 Å². The summed E-state index contributed by atoms with van der Waals surface area (Å²) >= 11 is 0. The van der Waals surface area contributed by atoms with Crippen LogP contribution in [-0.4, -0.2) is 12.1 Å². The van der Waals surface area contributed by atoms with E-state index in [9.17, 15) is 4.79 Å². The summed E-state index contributed by atoms with van der Waals surface area (Å²) in [6.07, 6.45) is -0.139. The minimum absolute atomic E-state index is 0.139. The van der Waals surface area contributed by atoms with E-state index in [4.69, 9.17) is 9.15 Å². The largest absolute Gasteiger partial charge is 0.457 e. The van der Waals surface area contributed by atoms with Gasteiger partial charge in [0.05, 0.1) is 6.10 Å². The van der Waals surface area contributed by atoms with Gasteiger partial charge in [-0.3, -0.25) is 0 Å². The molecule has 3 nitrogen and oxygen atoms in total. The van der Waals surface area contributed by atoms with Gasteiger partial charge in [0.1, 0.15) is 5.58 Å². The summed E-state index contributed by atoms with van der Waals surface area (Å²) in [4.78, 5) is 11.7. The van der Waals surface area contributed by atoms with Gasteiger partial charge in [0.25, 0.3) is 0 Å². The summed E-state index contributed by atoms with van der Waals surface area (Å²) in [6.45, 7) is 5.49. The number of hydrogen-bond donors (Lipinski definition) is 0. The lowest BCUT2D eigenvalue weighted by atomic mass is 10.1. The summed E-state index contributed by atoms with van der Waals surface area (Å²) < 4.78 is 10.6. The fourth-order valence-electron chi connectivity index (χ4n) is 1.64. The Bertz CT molecular complexity index is 523. The van der Waals surface area contributed by atoms with Crippen LogP contribution in [0, 0.1) is 6.92 Å². The molecule has 1 aromatic heterocycles. The van der Waals surface area contributed by atoms with Crippen molar-refractivity contribution in [3.63, 3.8) is 0 Å². The second-order valence-electron chi connectivity index (χ2n) is 4.01. The molecular weight excluding hydrogens is 204 g/mol. The van der Waals surface area contributed by atoms with Gasteiger partial charge < -0.3 is 9.15 Å². The van der Waals surface area contributed by atoms with Gasteiger partial charge in [0.2, 0.25) is 5.76 Å². The van der Waals surface area contributed by atoms with Crippen molar-refractivity contribution < 1.29 is 13.9 Å². The first-order chi connectivity index (χ1) is 7.59. The Morgan fingerprint density at radius 1 is 1.31 bits per heavy atom. The number of rotatable bonds is 2. The predicted octanol–water partition coefficient (Wildman–Crippen LogP) is 3.31. The molecule has 2 rings (SSSR count). The molecule has 0 N–H and O–H groups in total. The Hall–Kier alpha value is -1.77. The van der Waals surface area contributed by atoms with Crippen molar-refractivity contribution in [1.29, 1.82) is 0 Å². The van der Waals surface area contributed by atoms with Crippen molar-refractivity contribution in [2.24, 2.45) is 0 Å². The number of aryl methyl sites for hydroxylation is 1. The standard InChI is InChI=1S/C13H14O3/c1-8(2)15-13(14)12-9(3)10-6-4-5-7-11(10)16-12/h4-8H,1-3H3. The SMILES string of the molecule is Cc1c(C(=O)OC(C)C)oc2ccccc12. The number of benzene rings is 1. The van der Waals surface area contributed by atoms with Crippen molar-refractivity contribution >= 4 is 16.9 Å². The minimum atomic E-state index is -0.399. The van der Waals surface area contributed by atoms with Crippen LogP contribution < -0.4 is 0 Å². The number of furan rings is 1. The van der Waals surface area contributed by atoms with Crippen LogP contribution in [0.15, 0.2) is 28.7 Å². The van der Waals surface area contributed by atoms with Crippen LogP contribution in [0.2, 0.25) is 0 Å². The molecule has 0 saturated heterocycles. The third-order valence-electron chi connectivity index (χ3n) is 2.37. The zero-order chi connectivity index (χ0) is 11.7. The third-order valence-corrected chi connectivity index (χ3v) is 2.37. The van der Waals surface area contributed by atoms with Crippen molar-refractivity contribution in [2.75, 3.05) is 0 Å². The highest BCUT2D eigenvalue weighted by Crippen LogP contribution is 2.25. The average molecular weight is 218 g/mol.